The molecule has 6 heteroatoms. The van der Waals surface area contributed by atoms with Crippen molar-refractivity contribution in [3.8, 4) is 0 Å². The summed E-state index contributed by atoms with van der Waals surface area (Å²) in [5.74, 6) is -0.997. The maximum absolute atomic E-state index is 12.9. The SMILES string of the molecule is CC/C=C\C/C=C\C/C=C\C/C=C\C/C=C\C/C=C\CCCCCCC(=O)OCC(COC(=O)CCCCCCC/C=C\CCCCCCCC)OC(=O)CCCC/C=C\C/C=C\C/C=C\C/C=C\C/C=C\C/C=C\CC. The minimum Gasteiger partial charge on any atom is -0.462 e. The summed E-state index contributed by atoms with van der Waals surface area (Å²) in [6.45, 7) is 6.34. The molecule has 1 atom stereocenters. The average Bonchev–Trinajstić information content (AvgIpc) is 3.43. The highest BCUT2D eigenvalue weighted by atomic mass is 16.6. The van der Waals surface area contributed by atoms with Gasteiger partial charge in [-0.15, -0.1) is 0 Å². The molecule has 6 nitrogen and oxygen atoms in total. The molecule has 0 bridgehead atoms. The van der Waals surface area contributed by atoms with Gasteiger partial charge in [0.2, 0.25) is 0 Å². The fourth-order valence-electron chi connectivity index (χ4n) is 7.91. The second kappa shape index (κ2) is 63.6. The van der Waals surface area contributed by atoms with Crippen molar-refractivity contribution in [2.75, 3.05) is 13.2 Å². The van der Waals surface area contributed by atoms with E-state index in [4.69, 9.17) is 14.2 Å². The smallest absolute Gasteiger partial charge is 0.306 e. The second-order valence-electron chi connectivity index (χ2n) is 19.8. The molecule has 0 aliphatic rings. The lowest BCUT2D eigenvalue weighted by Gasteiger charge is -2.18. The molecular formula is C71H112O6. The summed E-state index contributed by atoms with van der Waals surface area (Å²) < 4.78 is 16.8. The molecule has 0 amide bonds. The summed E-state index contributed by atoms with van der Waals surface area (Å²) in [6, 6.07) is 0. The first kappa shape index (κ1) is 72.0. The Labute approximate surface area is 473 Å². The topological polar surface area (TPSA) is 78.9 Å². The number of hydrogen-bond acceptors (Lipinski definition) is 6. The van der Waals surface area contributed by atoms with Crippen molar-refractivity contribution in [2.45, 2.75) is 258 Å². The van der Waals surface area contributed by atoms with Gasteiger partial charge in [0.1, 0.15) is 13.2 Å². The Morgan fingerprint density at radius 1 is 0.273 bits per heavy atom. The van der Waals surface area contributed by atoms with Gasteiger partial charge in [0, 0.05) is 19.3 Å². The van der Waals surface area contributed by atoms with Gasteiger partial charge in [-0.3, -0.25) is 14.4 Å². The quantitative estimate of drug-likeness (QED) is 0.0261. The van der Waals surface area contributed by atoms with E-state index in [-0.39, 0.29) is 37.5 Å². The highest BCUT2D eigenvalue weighted by Crippen LogP contribution is 2.13. The molecule has 0 saturated heterocycles. The van der Waals surface area contributed by atoms with Gasteiger partial charge < -0.3 is 14.2 Å². The van der Waals surface area contributed by atoms with Crippen LogP contribution in [0.25, 0.3) is 0 Å². The molecule has 0 saturated carbocycles. The standard InChI is InChI=1S/C71H112O6/c1-4-7-10-13-16-19-22-25-28-30-32-34-35-37-38-40-43-46-49-52-55-58-61-64-70(73)76-67-68(66-75-69(72)63-60-57-54-51-48-45-42-27-24-21-18-15-12-9-6-3)77-71(74)65-62-59-56-53-50-47-44-41-39-36-33-31-29-26-23-20-17-14-11-8-5-2/h7-8,10-11,16-17,19-20,25-29,32-34,36-38,41-44,46,50,53,68H,4-6,9,12-15,18,21-24,30-31,35,39-40,45,47-49,51-52,54-67H2,1-3H3/b10-7-,11-8-,19-16-,20-17-,28-25-,29-26-,34-32-,36-33-,38-37-,42-27-,44-41-,46-43-,53-50-. The van der Waals surface area contributed by atoms with Crippen LogP contribution in [-0.2, 0) is 28.6 Å². The van der Waals surface area contributed by atoms with E-state index in [0.29, 0.717) is 19.3 Å². The molecule has 0 spiro atoms. The first-order valence-corrected chi connectivity index (χ1v) is 31.0. The maximum Gasteiger partial charge on any atom is 0.306 e. The number of rotatable bonds is 54. The van der Waals surface area contributed by atoms with E-state index in [1.807, 2.05) is 0 Å². The van der Waals surface area contributed by atoms with Crippen molar-refractivity contribution in [1.82, 2.24) is 0 Å². The van der Waals surface area contributed by atoms with Gasteiger partial charge in [0.25, 0.3) is 0 Å². The number of hydrogen-bond donors (Lipinski definition) is 0. The second-order valence-corrected chi connectivity index (χ2v) is 19.8. The number of esters is 3. The van der Waals surface area contributed by atoms with Crippen molar-refractivity contribution in [3.05, 3.63) is 158 Å². The minimum absolute atomic E-state index is 0.115. The molecule has 0 rings (SSSR count). The van der Waals surface area contributed by atoms with Crippen molar-refractivity contribution in [1.29, 1.82) is 0 Å². The molecule has 1 unspecified atom stereocenters. The highest BCUT2D eigenvalue weighted by Gasteiger charge is 2.19. The molecule has 0 aromatic rings. The molecule has 0 N–H and O–H groups in total. The third-order valence-corrected chi connectivity index (χ3v) is 12.5. The highest BCUT2D eigenvalue weighted by molar-refractivity contribution is 5.71. The van der Waals surface area contributed by atoms with Crippen LogP contribution in [-0.4, -0.2) is 37.2 Å². The lowest BCUT2D eigenvalue weighted by molar-refractivity contribution is -0.167. The number of allylic oxidation sites excluding steroid dienone is 26. The Morgan fingerprint density at radius 3 is 0.831 bits per heavy atom. The van der Waals surface area contributed by atoms with Crippen LogP contribution in [0.3, 0.4) is 0 Å². The summed E-state index contributed by atoms with van der Waals surface area (Å²) in [5.41, 5.74) is 0. The van der Waals surface area contributed by atoms with Crippen LogP contribution >= 0.6 is 0 Å². The van der Waals surface area contributed by atoms with Gasteiger partial charge in [0.05, 0.1) is 0 Å². The molecule has 0 aliphatic carbocycles. The Balaban J connectivity index is 4.55. The number of carbonyl (C=O) groups excluding carboxylic acids is 3. The lowest BCUT2D eigenvalue weighted by Crippen LogP contribution is -2.30. The van der Waals surface area contributed by atoms with E-state index in [9.17, 15) is 14.4 Å². The fourth-order valence-corrected chi connectivity index (χ4v) is 7.91. The van der Waals surface area contributed by atoms with E-state index >= 15 is 0 Å². The van der Waals surface area contributed by atoms with Crippen molar-refractivity contribution in [2.24, 2.45) is 0 Å². The molecule has 432 valence electrons. The van der Waals surface area contributed by atoms with Crippen LogP contribution in [0.5, 0.6) is 0 Å². The van der Waals surface area contributed by atoms with Crippen LogP contribution in [0, 0.1) is 0 Å². The number of unbranched alkanes of at least 4 members (excludes halogenated alkanes) is 17. The minimum atomic E-state index is -0.825. The third kappa shape index (κ3) is 61.8. The van der Waals surface area contributed by atoms with Crippen molar-refractivity contribution in [3.63, 3.8) is 0 Å². The molecule has 0 fully saturated rings. The lowest BCUT2D eigenvalue weighted by atomic mass is 10.1. The van der Waals surface area contributed by atoms with E-state index in [1.54, 1.807) is 0 Å². The van der Waals surface area contributed by atoms with Crippen LogP contribution in [0.1, 0.15) is 252 Å². The summed E-state index contributed by atoms with van der Waals surface area (Å²) in [5, 5.41) is 0. The molecule has 0 aromatic carbocycles. The first-order valence-electron chi connectivity index (χ1n) is 31.0. The third-order valence-electron chi connectivity index (χ3n) is 12.5. The van der Waals surface area contributed by atoms with Gasteiger partial charge in [-0.1, -0.05) is 243 Å². The molecule has 0 aromatic heterocycles. The monoisotopic (exact) mass is 1060 g/mol. The van der Waals surface area contributed by atoms with E-state index < -0.39 is 6.10 Å². The van der Waals surface area contributed by atoms with Crippen LogP contribution in [0.15, 0.2) is 158 Å². The number of carbonyl (C=O) groups is 3. The molecule has 0 aliphatic heterocycles. The van der Waals surface area contributed by atoms with Crippen molar-refractivity contribution >= 4 is 17.9 Å². The Kier molecular flexibility index (Phi) is 59.5. The Morgan fingerprint density at radius 2 is 0.506 bits per heavy atom. The summed E-state index contributed by atoms with van der Waals surface area (Å²) in [4.78, 5) is 38.3. The van der Waals surface area contributed by atoms with Crippen molar-refractivity contribution < 1.29 is 28.6 Å². The zero-order chi connectivity index (χ0) is 55.7. The zero-order valence-corrected chi connectivity index (χ0v) is 49.4. The molecule has 0 radical (unpaired) electrons. The summed E-state index contributed by atoms with van der Waals surface area (Å²) >= 11 is 0. The van der Waals surface area contributed by atoms with E-state index in [2.05, 4.69) is 179 Å². The fraction of sp³-hybridized carbons (Fsp3) is 0.592. The summed E-state index contributed by atoms with van der Waals surface area (Å²) in [6.07, 6.45) is 92.4. The van der Waals surface area contributed by atoms with Crippen LogP contribution in [0.2, 0.25) is 0 Å². The normalized spacial score (nSPS) is 13.2. The predicted octanol–water partition coefficient (Wildman–Crippen LogP) is 21.3. The van der Waals surface area contributed by atoms with Gasteiger partial charge in [-0.2, -0.15) is 0 Å². The largest absolute Gasteiger partial charge is 0.462 e. The summed E-state index contributed by atoms with van der Waals surface area (Å²) in [7, 11) is 0. The molecule has 0 heterocycles. The van der Waals surface area contributed by atoms with Crippen LogP contribution in [0.4, 0.5) is 0 Å². The predicted molar refractivity (Wildman–Crippen MR) is 334 cm³/mol. The molecule has 77 heavy (non-hydrogen) atoms. The van der Waals surface area contributed by atoms with Gasteiger partial charge >= 0.3 is 17.9 Å². The van der Waals surface area contributed by atoms with E-state index in [0.717, 1.165) is 154 Å². The Hall–Kier alpha value is -4.97. The zero-order valence-electron chi connectivity index (χ0n) is 49.4. The maximum atomic E-state index is 12.9. The van der Waals surface area contributed by atoms with Crippen LogP contribution < -0.4 is 0 Å². The first-order chi connectivity index (χ1) is 38.0. The van der Waals surface area contributed by atoms with Gasteiger partial charge in [-0.05, 0) is 148 Å². The Bertz CT molecular complexity index is 1740. The average molecular weight is 1060 g/mol. The van der Waals surface area contributed by atoms with E-state index in [1.165, 1.54) is 51.4 Å². The number of ether oxygens (including phenoxy) is 3. The molecular weight excluding hydrogens is 949 g/mol. The van der Waals surface area contributed by atoms with Gasteiger partial charge in [-0.25, -0.2) is 0 Å². The van der Waals surface area contributed by atoms with Gasteiger partial charge in [0.15, 0.2) is 6.10 Å².